The molecule has 0 radical (unpaired) electrons. The van der Waals surface area contributed by atoms with Gasteiger partial charge in [-0.2, -0.15) is 0 Å². The van der Waals surface area contributed by atoms with Gasteiger partial charge in [-0.25, -0.2) is 4.98 Å². The Kier molecular flexibility index (Phi) is 2.81. The topological polar surface area (TPSA) is 104 Å². The third kappa shape index (κ3) is 2.11. The molecule has 1 aromatic carbocycles. The maximum absolute atomic E-state index is 11.3. The summed E-state index contributed by atoms with van der Waals surface area (Å²) in [6, 6.07) is 5.23. The Labute approximate surface area is 109 Å². The number of anilines is 1. The Morgan fingerprint density at radius 3 is 3.11 bits per heavy atom. The van der Waals surface area contributed by atoms with Crippen LogP contribution in [0.5, 0.6) is 0 Å². The SMILES string of the molecule is NC(CO)c1ncc(-c2ccc3c(c2)CC(=O)N3)[nH]1. The van der Waals surface area contributed by atoms with Gasteiger partial charge >= 0.3 is 0 Å². The van der Waals surface area contributed by atoms with E-state index < -0.39 is 6.04 Å². The van der Waals surface area contributed by atoms with Crippen molar-refractivity contribution in [2.24, 2.45) is 5.73 Å². The first-order chi connectivity index (χ1) is 9.17. The molecule has 5 N–H and O–H groups in total. The number of H-pyrrole nitrogens is 1. The number of nitrogens with two attached hydrogens (primary N) is 1. The predicted octanol–water partition coefficient (Wildman–Crippen LogP) is 0.563. The zero-order valence-corrected chi connectivity index (χ0v) is 10.2. The number of aromatic nitrogens is 2. The van der Waals surface area contributed by atoms with E-state index in [0.29, 0.717) is 12.2 Å². The van der Waals surface area contributed by atoms with Gasteiger partial charge in [-0.05, 0) is 23.3 Å². The Morgan fingerprint density at radius 1 is 1.47 bits per heavy atom. The fraction of sp³-hybridized carbons (Fsp3) is 0.231. The second kappa shape index (κ2) is 4.49. The maximum Gasteiger partial charge on any atom is 0.228 e. The van der Waals surface area contributed by atoms with Gasteiger partial charge in [-0.1, -0.05) is 6.07 Å². The molecule has 19 heavy (non-hydrogen) atoms. The van der Waals surface area contributed by atoms with Crippen molar-refractivity contribution in [1.29, 1.82) is 0 Å². The molecular weight excluding hydrogens is 244 g/mol. The van der Waals surface area contributed by atoms with E-state index in [2.05, 4.69) is 15.3 Å². The molecule has 6 heteroatoms. The average molecular weight is 258 g/mol. The Morgan fingerprint density at radius 2 is 2.32 bits per heavy atom. The van der Waals surface area contributed by atoms with Gasteiger partial charge in [0.2, 0.25) is 5.91 Å². The van der Waals surface area contributed by atoms with Crippen LogP contribution in [0.2, 0.25) is 0 Å². The lowest BCUT2D eigenvalue weighted by atomic mass is 10.1. The van der Waals surface area contributed by atoms with E-state index in [4.69, 9.17) is 10.8 Å². The van der Waals surface area contributed by atoms with Crippen molar-refractivity contribution in [1.82, 2.24) is 9.97 Å². The van der Waals surface area contributed by atoms with Crippen molar-refractivity contribution in [3.8, 4) is 11.3 Å². The van der Waals surface area contributed by atoms with Crippen LogP contribution in [0.1, 0.15) is 17.4 Å². The van der Waals surface area contributed by atoms with Crippen molar-refractivity contribution in [2.45, 2.75) is 12.5 Å². The van der Waals surface area contributed by atoms with Gasteiger partial charge in [0.05, 0.1) is 31.0 Å². The molecule has 6 nitrogen and oxygen atoms in total. The summed E-state index contributed by atoms with van der Waals surface area (Å²) >= 11 is 0. The van der Waals surface area contributed by atoms with Gasteiger partial charge in [-0.15, -0.1) is 0 Å². The average Bonchev–Trinajstić information content (AvgIpc) is 3.01. The number of carbonyl (C=O) groups excluding carboxylic acids is 1. The molecule has 1 atom stereocenters. The monoisotopic (exact) mass is 258 g/mol. The summed E-state index contributed by atoms with van der Waals surface area (Å²) in [6.45, 7) is -0.157. The molecule has 0 spiro atoms. The zero-order chi connectivity index (χ0) is 13.4. The number of aromatic amines is 1. The second-order valence-electron chi connectivity index (χ2n) is 4.57. The molecule has 98 valence electrons. The molecule has 0 bridgehead atoms. The van der Waals surface area contributed by atoms with Gasteiger partial charge in [0.15, 0.2) is 0 Å². The summed E-state index contributed by atoms with van der Waals surface area (Å²) < 4.78 is 0. The van der Waals surface area contributed by atoms with Gasteiger partial charge in [-0.3, -0.25) is 4.79 Å². The fourth-order valence-corrected chi connectivity index (χ4v) is 2.16. The van der Waals surface area contributed by atoms with Crippen molar-refractivity contribution in [3.63, 3.8) is 0 Å². The standard InChI is InChI=1S/C13H14N4O2/c14-9(6-18)13-15-5-11(17-13)7-1-2-10-8(3-7)4-12(19)16-10/h1-3,5,9,18H,4,6,14H2,(H,15,17)(H,16,19). The van der Waals surface area contributed by atoms with E-state index in [1.807, 2.05) is 18.2 Å². The third-order valence-electron chi connectivity index (χ3n) is 3.18. The summed E-state index contributed by atoms with van der Waals surface area (Å²) in [5.41, 5.74) is 9.30. The number of imidazole rings is 1. The molecule has 1 aliphatic rings. The van der Waals surface area contributed by atoms with Gasteiger partial charge in [0, 0.05) is 5.69 Å². The number of aliphatic hydroxyl groups is 1. The number of fused-ring (bicyclic) bond motifs is 1. The van der Waals surface area contributed by atoms with E-state index in [1.165, 1.54) is 0 Å². The molecule has 2 aromatic rings. The molecule has 1 amide bonds. The number of carbonyl (C=O) groups is 1. The number of amides is 1. The van der Waals surface area contributed by atoms with E-state index in [9.17, 15) is 4.79 Å². The molecule has 0 saturated heterocycles. The molecule has 0 saturated carbocycles. The number of hydrogen-bond donors (Lipinski definition) is 4. The van der Waals surface area contributed by atoms with Crippen LogP contribution < -0.4 is 11.1 Å². The van der Waals surface area contributed by atoms with Crippen molar-refractivity contribution in [2.75, 3.05) is 11.9 Å². The minimum Gasteiger partial charge on any atom is -0.394 e. The molecule has 1 unspecified atom stereocenters. The van der Waals surface area contributed by atoms with Crippen LogP contribution in [-0.4, -0.2) is 27.6 Å². The van der Waals surface area contributed by atoms with E-state index in [-0.39, 0.29) is 12.5 Å². The number of hydrogen-bond acceptors (Lipinski definition) is 4. The highest BCUT2D eigenvalue weighted by Crippen LogP contribution is 2.28. The Hall–Kier alpha value is -2.18. The first kappa shape index (κ1) is 11.9. The van der Waals surface area contributed by atoms with Crippen molar-refractivity contribution in [3.05, 3.63) is 35.8 Å². The number of benzene rings is 1. The summed E-state index contributed by atoms with van der Waals surface area (Å²) in [5.74, 6) is 0.562. The van der Waals surface area contributed by atoms with Gasteiger partial charge in [0.1, 0.15) is 5.82 Å². The van der Waals surface area contributed by atoms with Crippen molar-refractivity contribution >= 4 is 11.6 Å². The molecular formula is C13H14N4O2. The maximum atomic E-state index is 11.3. The number of rotatable bonds is 3. The minimum absolute atomic E-state index is 0.0137. The largest absolute Gasteiger partial charge is 0.394 e. The van der Waals surface area contributed by atoms with E-state index >= 15 is 0 Å². The first-order valence-electron chi connectivity index (χ1n) is 6.02. The lowest BCUT2D eigenvalue weighted by Gasteiger charge is -2.04. The summed E-state index contributed by atoms with van der Waals surface area (Å²) in [7, 11) is 0. The van der Waals surface area contributed by atoms with E-state index in [1.54, 1.807) is 6.20 Å². The Balaban J connectivity index is 1.93. The van der Waals surface area contributed by atoms with Crippen molar-refractivity contribution < 1.29 is 9.90 Å². The molecule has 0 fully saturated rings. The van der Waals surface area contributed by atoms with Crippen LogP contribution in [0.25, 0.3) is 11.3 Å². The van der Waals surface area contributed by atoms with Crippen LogP contribution in [0.3, 0.4) is 0 Å². The summed E-state index contributed by atoms with van der Waals surface area (Å²) in [6.07, 6.45) is 2.08. The van der Waals surface area contributed by atoms with Crippen LogP contribution >= 0.6 is 0 Å². The van der Waals surface area contributed by atoms with Gasteiger partial charge in [0.25, 0.3) is 0 Å². The molecule has 2 heterocycles. The van der Waals surface area contributed by atoms with Gasteiger partial charge < -0.3 is 21.1 Å². The number of nitrogens with one attached hydrogen (secondary N) is 2. The normalized spacial score (nSPS) is 15.2. The predicted molar refractivity (Wildman–Crippen MR) is 70.4 cm³/mol. The smallest absolute Gasteiger partial charge is 0.228 e. The molecule has 1 aliphatic heterocycles. The molecule has 0 aliphatic carbocycles. The zero-order valence-electron chi connectivity index (χ0n) is 10.2. The van der Waals surface area contributed by atoms with Crippen LogP contribution in [0.4, 0.5) is 5.69 Å². The summed E-state index contributed by atoms with van der Waals surface area (Å²) in [4.78, 5) is 18.5. The molecule has 3 rings (SSSR count). The number of nitrogens with zero attached hydrogens (tertiary/aromatic N) is 1. The Bertz CT molecular complexity index is 635. The lowest BCUT2D eigenvalue weighted by Crippen LogP contribution is -2.15. The van der Waals surface area contributed by atoms with Crippen LogP contribution in [-0.2, 0) is 11.2 Å². The first-order valence-corrected chi connectivity index (χ1v) is 6.02. The summed E-state index contributed by atoms with van der Waals surface area (Å²) in [5, 5.41) is 11.8. The third-order valence-corrected chi connectivity index (χ3v) is 3.18. The fourth-order valence-electron chi connectivity index (χ4n) is 2.16. The quantitative estimate of drug-likeness (QED) is 0.645. The van der Waals surface area contributed by atoms with Crippen LogP contribution in [0.15, 0.2) is 24.4 Å². The van der Waals surface area contributed by atoms with Crippen LogP contribution in [0, 0.1) is 0 Å². The highest BCUT2D eigenvalue weighted by molar-refractivity contribution is 5.99. The number of aliphatic hydroxyl groups excluding tert-OH is 1. The lowest BCUT2D eigenvalue weighted by molar-refractivity contribution is -0.115. The van der Waals surface area contributed by atoms with E-state index in [0.717, 1.165) is 22.5 Å². The highest BCUT2D eigenvalue weighted by atomic mass is 16.3. The minimum atomic E-state index is -0.508. The molecule has 1 aromatic heterocycles. The second-order valence-corrected chi connectivity index (χ2v) is 4.57. The highest BCUT2D eigenvalue weighted by Gasteiger charge is 2.18.